The van der Waals surface area contributed by atoms with E-state index in [2.05, 4.69) is 0 Å². The third-order valence-corrected chi connectivity index (χ3v) is 4.25. The highest BCUT2D eigenvalue weighted by molar-refractivity contribution is 5.98. The number of amides is 1. The maximum absolute atomic E-state index is 12.3. The normalized spacial score (nSPS) is 15.5. The Kier molecular flexibility index (Phi) is 6.57. The fourth-order valence-electron chi connectivity index (χ4n) is 2.69. The van der Waals surface area contributed by atoms with Gasteiger partial charge in [0.1, 0.15) is 12.6 Å². The second kappa shape index (κ2) is 9.50. The molecule has 0 unspecified atom stereocenters. The number of Topliss-reactive ketones (excluding diaryl/α,β-unsaturated/α-hetero) is 1. The average Bonchev–Trinajstić information content (AvgIpc) is 3.12. The lowest BCUT2D eigenvalue weighted by Gasteiger charge is -2.19. The Labute approximate surface area is 167 Å². The van der Waals surface area contributed by atoms with Gasteiger partial charge in [-0.15, -0.1) is 0 Å². The van der Waals surface area contributed by atoms with Crippen molar-refractivity contribution in [2.24, 2.45) is 0 Å². The Morgan fingerprint density at radius 1 is 0.966 bits per heavy atom. The zero-order valence-corrected chi connectivity index (χ0v) is 15.5. The van der Waals surface area contributed by atoms with Gasteiger partial charge in [0.15, 0.2) is 19.1 Å². The molecule has 1 atom stereocenters. The minimum absolute atomic E-state index is 0.0209. The number of nitrogens with zero attached hydrogens (tertiary/aromatic N) is 1. The fourth-order valence-corrected chi connectivity index (χ4v) is 2.69. The number of ketones is 1. The number of hydrogen-bond acceptors (Lipinski definition) is 7. The molecule has 8 heteroatoms. The van der Waals surface area contributed by atoms with Crippen LogP contribution in [-0.4, -0.2) is 48.1 Å². The highest BCUT2D eigenvalue weighted by atomic mass is 16.6. The van der Waals surface area contributed by atoms with Crippen LogP contribution >= 0.6 is 0 Å². The highest BCUT2D eigenvalue weighted by Gasteiger charge is 2.40. The molecule has 0 N–H and O–H groups in total. The lowest BCUT2D eigenvalue weighted by molar-refractivity contribution is -0.147. The van der Waals surface area contributed by atoms with E-state index in [1.54, 1.807) is 54.6 Å². The second-order valence-corrected chi connectivity index (χ2v) is 6.27. The van der Waals surface area contributed by atoms with E-state index in [0.29, 0.717) is 5.56 Å². The first-order valence-corrected chi connectivity index (χ1v) is 8.92. The topological polar surface area (TPSA) is 99.2 Å². The van der Waals surface area contributed by atoms with Crippen molar-refractivity contribution in [1.29, 1.82) is 0 Å². The summed E-state index contributed by atoms with van der Waals surface area (Å²) in [4.78, 5) is 49.3. The molecule has 0 bridgehead atoms. The summed E-state index contributed by atoms with van der Waals surface area (Å²) in [6, 6.07) is 16.2. The van der Waals surface area contributed by atoms with Gasteiger partial charge in [-0.05, 0) is 5.56 Å². The first kappa shape index (κ1) is 20.1. The predicted octanol–water partition coefficient (Wildman–Crippen LogP) is 2.32. The van der Waals surface area contributed by atoms with E-state index in [1.165, 1.54) is 0 Å². The van der Waals surface area contributed by atoms with Gasteiger partial charge in [0.2, 0.25) is 0 Å². The molecule has 1 saturated heterocycles. The number of cyclic esters (lactones) is 1. The van der Waals surface area contributed by atoms with Gasteiger partial charge in [-0.25, -0.2) is 9.59 Å². The van der Waals surface area contributed by atoms with Crippen molar-refractivity contribution in [3.63, 3.8) is 0 Å². The van der Waals surface area contributed by atoms with Crippen LogP contribution in [0, 0.1) is 0 Å². The molecule has 0 aromatic heterocycles. The molecular formula is C21H19NO7. The summed E-state index contributed by atoms with van der Waals surface area (Å²) in [6.45, 7) is -0.747. The van der Waals surface area contributed by atoms with E-state index < -0.39 is 37.1 Å². The number of esters is 2. The summed E-state index contributed by atoms with van der Waals surface area (Å²) in [5, 5.41) is 0. The highest BCUT2D eigenvalue weighted by Crippen LogP contribution is 2.17. The van der Waals surface area contributed by atoms with E-state index in [4.69, 9.17) is 14.2 Å². The summed E-state index contributed by atoms with van der Waals surface area (Å²) in [5.41, 5.74) is 1.19. The average molecular weight is 397 g/mol. The summed E-state index contributed by atoms with van der Waals surface area (Å²) < 4.78 is 15.0. The Balaban J connectivity index is 1.51. The van der Waals surface area contributed by atoms with Gasteiger partial charge < -0.3 is 14.2 Å². The standard InChI is InChI=1S/C21H19NO7/c23-18(16-9-5-2-6-10-16)13-27-19(24)11-17-20(25)29-14-22(17)21(26)28-12-15-7-3-1-4-8-15/h1-10,17H,11-14H2/t17-/m0/s1. The first-order valence-electron chi connectivity index (χ1n) is 8.92. The predicted molar refractivity (Wildman–Crippen MR) is 99.6 cm³/mol. The molecule has 1 aliphatic heterocycles. The summed E-state index contributed by atoms with van der Waals surface area (Å²) in [5.74, 6) is -1.89. The molecule has 8 nitrogen and oxygen atoms in total. The van der Waals surface area contributed by atoms with Crippen molar-refractivity contribution in [3.8, 4) is 0 Å². The quantitative estimate of drug-likeness (QED) is 0.402. The van der Waals surface area contributed by atoms with Gasteiger partial charge in [-0.2, -0.15) is 0 Å². The number of hydrogen-bond donors (Lipinski definition) is 0. The zero-order valence-electron chi connectivity index (χ0n) is 15.5. The number of benzene rings is 2. The van der Waals surface area contributed by atoms with Crippen LogP contribution in [0.2, 0.25) is 0 Å². The number of ether oxygens (including phenoxy) is 3. The van der Waals surface area contributed by atoms with Gasteiger partial charge in [0.25, 0.3) is 0 Å². The van der Waals surface area contributed by atoms with E-state index >= 15 is 0 Å². The van der Waals surface area contributed by atoms with Crippen molar-refractivity contribution >= 4 is 23.8 Å². The van der Waals surface area contributed by atoms with Crippen molar-refractivity contribution in [2.75, 3.05) is 13.3 Å². The molecule has 2 aromatic rings. The van der Waals surface area contributed by atoms with Crippen molar-refractivity contribution < 1.29 is 33.4 Å². The smallest absolute Gasteiger partial charge is 0.413 e. The van der Waals surface area contributed by atoms with E-state index in [1.807, 2.05) is 6.07 Å². The van der Waals surface area contributed by atoms with Crippen molar-refractivity contribution in [2.45, 2.75) is 19.1 Å². The van der Waals surface area contributed by atoms with Crippen molar-refractivity contribution in [3.05, 3.63) is 71.8 Å². The van der Waals surface area contributed by atoms with Crippen LogP contribution in [0.15, 0.2) is 60.7 Å². The van der Waals surface area contributed by atoms with Crippen LogP contribution in [0.5, 0.6) is 0 Å². The molecule has 2 aromatic carbocycles. The summed E-state index contributed by atoms with van der Waals surface area (Å²) >= 11 is 0. The molecule has 0 radical (unpaired) electrons. The molecule has 150 valence electrons. The van der Waals surface area contributed by atoms with Gasteiger partial charge in [-0.1, -0.05) is 60.7 Å². The Morgan fingerprint density at radius 3 is 2.31 bits per heavy atom. The number of carbonyl (C=O) groups excluding carboxylic acids is 4. The Hall–Kier alpha value is -3.68. The SMILES string of the molecule is O=C(C[C@H]1C(=O)OCN1C(=O)OCc1ccccc1)OCC(=O)c1ccccc1. The minimum Gasteiger partial charge on any atom is -0.457 e. The van der Waals surface area contributed by atoms with Crippen LogP contribution in [0.4, 0.5) is 4.79 Å². The first-order chi connectivity index (χ1) is 14.0. The van der Waals surface area contributed by atoms with Gasteiger partial charge in [0.05, 0.1) is 6.42 Å². The molecule has 0 aliphatic carbocycles. The zero-order chi connectivity index (χ0) is 20.6. The number of rotatable bonds is 7. The van der Waals surface area contributed by atoms with Gasteiger partial charge >= 0.3 is 18.0 Å². The van der Waals surface area contributed by atoms with Crippen LogP contribution in [0.1, 0.15) is 22.3 Å². The summed E-state index contributed by atoms with van der Waals surface area (Å²) in [7, 11) is 0. The molecule has 1 amide bonds. The van der Waals surface area contributed by atoms with Crippen LogP contribution in [-0.2, 0) is 30.4 Å². The molecular weight excluding hydrogens is 378 g/mol. The van der Waals surface area contributed by atoms with Gasteiger partial charge in [-0.3, -0.25) is 14.5 Å². The maximum atomic E-state index is 12.3. The van der Waals surface area contributed by atoms with E-state index in [9.17, 15) is 19.2 Å². The molecule has 1 heterocycles. The molecule has 29 heavy (non-hydrogen) atoms. The molecule has 3 rings (SSSR count). The number of carbonyl (C=O) groups is 4. The molecule has 1 aliphatic rings. The van der Waals surface area contributed by atoms with Gasteiger partial charge in [0, 0.05) is 5.56 Å². The third kappa shape index (κ3) is 5.41. The van der Waals surface area contributed by atoms with E-state index in [-0.39, 0.29) is 19.1 Å². The van der Waals surface area contributed by atoms with Crippen molar-refractivity contribution in [1.82, 2.24) is 4.90 Å². The Morgan fingerprint density at radius 2 is 1.62 bits per heavy atom. The summed E-state index contributed by atoms with van der Waals surface area (Å²) in [6.07, 6.45) is -1.21. The lowest BCUT2D eigenvalue weighted by Crippen LogP contribution is -2.40. The third-order valence-electron chi connectivity index (χ3n) is 4.25. The minimum atomic E-state index is -1.15. The second-order valence-electron chi connectivity index (χ2n) is 6.27. The molecule has 0 spiro atoms. The largest absolute Gasteiger partial charge is 0.457 e. The van der Waals surface area contributed by atoms with E-state index in [0.717, 1.165) is 10.5 Å². The monoisotopic (exact) mass is 397 g/mol. The van der Waals surface area contributed by atoms with Crippen LogP contribution < -0.4 is 0 Å². The van der Waals surface area contributed by atoms with Crippen LogP contribution in [0.3, 0.4) is 0 Å². The maximum Gasteiger partial charge on any atom is 0.413 e. The fraction of sp³-hybridized carbons (Fsp3) is 0.238. The molecule has 1 fully saturated rings. The van der Waals surface area contributed by atoms with Crippen LogP contribution in [0.25, 0.3) is 0 Å². The Bertz CT molecular complexity index is 882. The lowest BCUT2D eigenvalue weighted by atomic mass is 10.1. The molecule has 0 saturated carbocycles.